The summed E-state index contributed by atoms with van der Waals surface area (Å²) in [4.78, 5) is 27.5. The Balaban J connectivity index is 1.95. The third-order valence-corrected chi connectivity index (χ3v) is 4.13. The monoisotopic (exact) mass is 283 g/mol. The van der Waals surface area contributed by atoms with Crippen LogP contribution in [0.3, 0.4) is 0 Å². The van der Waals surface area contributed by atoms with Gasteiger partial charge < -0.3 is 20.3 Å². The van der Waals surface area contributed by atoms with E-state index >= 15 is 0 Å². The van der Waals surface area contributed by atoms with Gasteiger partial charge in [0.05, 0.1) is 19.3 Å². The molecule has 1 heterocycles. The third kappa shape index (κ3) is 4.18. The van der Waals surface area contributed by atoms with Crippen molar-refractivity contribution >= 4 is 11.8 Å². The Morgan fingerprint density at radius 2 is 2.05 bits per heavy atom. The van der Waals surface area contributed by atoms with E-state index in [1.165, 1.54) is 0 Å². The maximum atomic E-state index is 12.5. The number of hydrogen-bond donors (Lipinski definition) is 1. The minimum atomic E-state index is -0.458. The summed E-state index contributed by atoms with van der Waals surface area (Å²) in [7, 11) is 2.03. The third-order valence-electron chi connectivity index (χ3n) is 4.13. The molecule has 0 aromatic rings. The van der Waals surface area contributed by atoms with Crippen LogP contribution in [0.15, 0.2) is 0 Å². The normalized spacial score (nSPS) is 24.8. The lowest BCUT2D eigenvalue weighted by Gasteiger charge is -2.34. The fourth-order valence-corrected chi connectivity index (χ4v) is 3.07. The highest BCUT2D eigenvalue weighted by Gasteiger charge is 2.30. The van der Waals surface area contributed by atoms with Crippen LogP contribution in [0.4, 0.5) is 0 Å². The fourth-order valence-electron chi connectivity index (χ4n) is 3.07. The quantitative estimate of drug-likeness (QED) is 0.759. The predicted molar refractivity (Wildman–Crippen MR) is 75.0 cm³/mol. The van der Waals surface area contributed by atoms with Crippen molar-refractivity contribution in [2.24, 2.45) is 11.7 Å². The van der Waals surface area contributed by atoms with E-state index in [0.29, 0.717) is 13.2 Å². The zero-order valence-corrected chi connectivity index (χ0v) is 12.2. The van der Waals surface area contributed by atoms with Crippen molar-refractivity contribution in [1.82, 2.24) is 9.80 Å². The van der Waals surface area contributed by atoms with Gasteiger partial charge in [0.15, 0.2) is 0 Å². The summed E-state index contributed by atoms with van der Waals surface area (Å²) in [5.41, 5.74) is 5.28. The molecule has 0 aromatic heterocycles. The molecule has 0 radical (unpaired) electrons. The second-order valence-corrected chi connectivity index (χ2v) is 5.92. The van der Waals surface area contributed by atoms with E-state index in [4.69, 9.17) is 10.5 Å². The van der Waals surface area contributed by atoms with Gasteiger partial charge >= 0.3 is 0 Å². The number of likely N-dealkylation sites (N-methyl/N-ethyl adjacent to an activating group) is 1. The number of nitrogens with zero attached hydrogens (tertiary/aromatic N) is 2. The van der Waals surface area contributed by atoms with Gasteiger partial charge in [-0.05, 0) is 19.9 Å². The van der Waals surface area contributed by atoms with Gasteiger partial charge in [0, 0.05) is 25.6 Å². The van der Waals surface area contributed by atoms with Crippen LogP contribution >= 0.6 is 0 Å². The minimum absolute atomic E-state index is 0.00108. The summed E-state index contributed by atoms with van der Waals surface area (Å²) in [6.07, 6.45) is 4.03. The summed E-state index contributed by atoms with van der Waals surface area (Å²) in [5.74, 6) is -0.325. The minimum Gasteiger partial charge on any atom is -0.374 e. The molecule has 6 nitrogen and oxygen atoms in total. The number of hydrogen-bond acceptors (Lipinski definition) is 4. The summed E-state index contributed by atoms with van der Waals surface area (Å²) in [6.45, 7) is 2.82. The lowest BCUT2D eigenvalue weighted by atomic mass is 10.1. The molecule has 2 amide bonds. The smallest absolute Gasteiger partial charge is 0.237 e. The van der Waals surface area contributed by atoms with Crippen molar-refractivity contribution in [1.29, 1.82) is 0 Å². The maximum absolute atomic E-state index is 12.5. The van der Waals surface area contributed by atoms with Crippen LogP contribution in [-0.2, 0) is 14.3 Å². The number of amides is 2. The van der Waals surface area contributed by atoms with Crippen molar-refractivity contribution in [2.75, 3.05) is 39.8 Å². The molecule has 0 aromatic carbocycles. The van der Waals surface area contributed by atoms with Gasteiger partial charge in [-0.25, -0.2) is 0 Å². The molecule has 1 aliphatic carbocycles. The molecule has 0 spiro atoms. The summed E-state index contributed by atoms with van der Waals surface area (Å²) >= 11 is 0. The van der Waals surface area contributed by atoms with Crippen LogP contribution in [-0.4, -0.2) is 67.6 Å². The van der Waals surface area contributed by atoms with Gasteiger partial charge in [0.2, 0.25) is 11.8 Å². The highest BCUT2D eigenvalue weighted by atomic mass is 16.5. The second-order valence-electron chi connectivity index (χ2n) is 5.92. The van der Waals surface area contributed by atoms with Crippen LogP contribution in [0.1, 0.15) is 25.7 Å². The molecule has 0 bridgehead atoms. The van der Waals surface area contributed by atoms with E-state index in [1.807, 2.05) is 7.05 Å². The first-order valence-corrected chi connectivity index (χ1v) is 7.43. The molecule has 2 fully saturated rings. The zero-order chi connectivity index (χ0) is 14.5. The van der Waals surface area contributed by atoms with Gasteiger partial charge in [-0.15, -0.1) is 0 Å². The van der Waals surface area contributed by atoms with E-state index in [2.05, 4.69) is 4.90 Å². The second kappa shape index (κ2) is 7.04. The summed E-state index contributed by atoms with van der Waals surface area (Å²) in [5, 5.41) is 0. The van der Waals surface area contributed by atoms with Gasteiger partial charge in [-0.3, -0.25) is 9.59 Å². The summed E-state index contributed by atoms with van der Waals surface area (Å²) < 4.78 is 5.69. The number of carbonyl (C=O) groups is 2. The van der Waals surface area contributed by atoms with E-state index in [0.717, 1.165) is 38.8 Å². The number of primary amides is 1. The van der Waals surface area contributed by atoms with Crippen molar-refractivity contribution < 1.29 is 14.3 Å². The first-order valence-electron chi connectivity index (χ1n) is 7.43. The van der Waals surface area contributed by atoms with Crippen molar-refractivity contribution in [3.8, 4) is 0 Å². The van der Waals surface area contributed by atoms with Gasteiger partial charge in [0.25, 0.3) is 0 Å². The Labute approximate surface area is 120 Å². The molecule has 2 N–H and O–H groups in total. The lowest BCUT2D eigenvalue weighted by molar-refractivity contribution is -0.141. The molecular weight excluding hydrogens is 258 g/mol. The maximum Gasteiger partial charge on any atom is 0.237 e. The standard InChI is InChI=1S/C14H25N3O3/c1-16-6-7-20-12(8-16)9-17(10-13(15)18)14(19)11-4-2-3-5-11/h11-12H,2-10H2,1H3,(H2,15,18). The van der Waals surface area contributed by atoms with E-state index < -0.39 is 5.91 Å². The molecule has 1 saturated heterocycles. The molecule has 2 rings (SSSR count). The molecule has 6 heteroatoms. The highest BCUT2D eigenvalue weighted by molar-refractivity contribution is 5.85. The SMILES string of the molecule is CN1CCOC(CN(CC(N)=O)C(=O)C2CCCC2)C1. The van der Waals surface area contributed by atoms with Gasteiger partial charge in [-0.1, -0.05) is 12.8 Å². The largest absolute Gasteiger partial charge is 0.374 e. The van der Waals surface area contributed by atoms with E-state index in [-0.39, 0.29) is 24.5 Å². The number of nitrogens with two attached hydrogens (primary N) is 1. The van der Waals surface area contributed by atoms with Crippen molar-refractivity contribution in [3.05, 3.63) is 0 Å². The Morgan fingerprint density at radius 1 is 1.35 bits per heavy atom. The number of ether oxygens (including phenoxy) is 1. The predicted octanol–water partition coefficient (Wildman–Crippen LogP) is -0.179. The van der Waals surface area contributed by atoms with Crippen LogP contribution in [0.5, 0.6) is 0 Å². The van der Waals surface area contributed by atoms with E-state index in [1.54, 1.807) is 4.90 Å². The van der Waals surface area contributed by atoms with Crippen molar-refractivity contribution in [3.63, 3.8) is 0 Å². The fraction of sp³-hybridized carbons (Fsp3) is 0.857. The summed E-state index contributed by atoms with van der Waals surface area (Å²) in [6, 6.07) is 0. The van der Waals surface area contributed by atoms with Crippen LogP contribution < -0.4 is 5.73 Å². The molecule has 114 valence electrons. The Morgan fingerprint density at radius 3 is 2.65 bits per heavy atom. The van der Waals surface area contributed by atoms with Gasteiger partial charge in [-0.2, -0.15) is 0 Å². The first-order chi connectivity index (χ1) is 9.56. The Kier molecular flexibility index (Phi) is 5.37. The van der Waals surface area contributed by atoms with Crippen LogP contribution in [0.2, 0.25) is 0 Å². The first kappa shape index (κ1) is 15.3. The zero-order valence-electron chi connectivity index (χ0n) is 12.2. The van der Waals surface area contributed by atoms with E-state index in [9.17, 15) is 9.59 Å². The lowest BCUT2D eigenvalue weighted by Crippen LogP contribution is -2.50. The number of morpholine rings is 1. The average Bonchev–Trinajstić information content (AvgIpc) is 2.90. The van der Waals surface area contributed by atoms with Crippen LogP contribution in [0, 0.1) is 5.92 Å². The molecular formula is C14H25N3O3. The Bertz CT molecular complexity index is 356. The highest BCUT2D eigenvalue weighted by Crippen LogP contribution is 2.26. The molecule has 1 unspecified atom stereocenters. The number of rotatable bonds is 5. The molecule has 2 aliphatic rings. The number of carbonyl (C=O) groups excluding carboxylic acids is 2. The van der Waals surface area contributed by atoms with Crippen molar-refractivity contribution in [2.45, 2.75) is 31.8 Å². The van der Waals surface area contributed by atoms with Crippen LogP contribution in [0.25, 0.3) is 0 Å². The molecule has 1 saturated carbocycles. The topological polar surface area (TPSA) is 75.9 Å². The molecule has 1 atom stereocenters. The Hall–Kier alpha value is -1.14. The average molecular weight is 283 g/mol. The van der Waals surface area contributed by atoms with Gasteiger partial charge in [0.1, 0.15) is 0 Å². The molecule has 1 aliphatic heterocycles. The molecule has 20 heavy (non-hydrogen) atoms.